The normalized spacial score (nSPS) is 16.6. The Hall–Kier alpha value is -4.34. The quantitative estimate of drug-likeness (QED) is 0.404. The van der Waals surface area contributed by atoms with Crippen molar-refractivity contribution in [3.05, 3.63) is 92.6 Å². The molecule has 10 nitrogen and oxygen atoms in total. The van der Waals surface area contributed by atoms with Gasteiger partial charge in [0.2, 0.25) is 0 Å². The lowest BCUT2D eigenvalue weighted by Crippen LogP contribution is -2.28. The zero-order chi connectivity index (χ0) is 28.3. The zero-order valence-electron chi connectivity index (χ0n) is 22.4. The van der Waals surface area contributed by atoms with Gasteiger partial charge in [0.25, 0.3) is 0 Å². The Morgan fingerprint density at radius 1 is 0.474 bits per heavy atom. The summed E-state index contributed by atoms with van der Waals surface area (Å²) < 4.78 is 31.1. The fourth-order valence-corrected chi connectivity index (χ4v) is 4.39. The van der Waals surface area contributed by atoms with Crippen LogP contribution in [0.3, 0.4) is 0 Å². The van der Waals surface area contributed by atoms with Crippen LogP contribution in [0, 0.1) is 11.8 Å². The zero-order valence-corrected chi connectivity index (χ0v) is 22.4. The maximum atomic E-state index is 12.7. The van der Waals surface area contributed by atoms with Gasteiger partial charge in [-0.1, -0.05) is 24.3 Å². The van der Waals surface area contributed by atoms with Gasteiger partial charge in [-0.2, -0.15) is 0 Å². The molecule has 200 valence electrons. The molecule has 0 atom stereocenters. The van der Waals surface area contributed by atoms with Gasteiger partial charge in [-0.3, -0.25) is 0 Å². The van der Waals surface area contributed by atoms with Crippen LogP contribution in [0.15, 0.2) is 69.6 Å². The van der Waals surface area contributed by atoms with Crippen molar-refractivity contribution in [2.24, 2.45) is 0 Å². The van der Waals surface area contributed by atoms with E-state index in [1.165, 1.54) is 28.4 Å². The van der Waals surface area contributed by atoms with E-state index in [-0.39, 0.29) is 57.2 Å². The van der Waals surface area contributed by atoms with E-state index in [0.29, 0.717) is 11.1 Å². The minimum absolute atomic E-state index is 0.0574. The molecule has 0 bridgehead atoms. The van der Waals surface area contributed by atoms with Crippen LogP contribution in [-0.4, -0.2) is 52.3 Å². The molecule has 0 unspecified atom stereocenters. The van der Waals surface area contributed by atoms with Crippen LogP contribution < -0.4 is 0 Å². The number of methoxy groups -OCH3 is 4. The number of hydrogen-bond donors (Lipinski definition) is 0. The minimum Gasteiger partial charge on any atom is -0.466 e. The molecule has 0 amide bonds. The van der Waals surface area contributed by atoms with E-state index in [4.69, 9.17) is 28.4 Å². The van der Waals surface area contributed by atoms with E-state index in [0.717, 1.165) is 0 Å². The summed E-state index contributed by atoms with van der Waals surface area (Å²) in [6, 6.07) is 6.55. The second kappa shape index (κ2) is 11.4. The molecule has 0 aliphatic carbocycles. The van der Waals surface area contributed by atoms with Crippen LogP contribution in [-0.2, 0) is 47.6 Å². The Labute approximate surface area is 220 Å². The number of allylic oxidation sites excluding steroid dienone is 4. The highest BCUT2D eigenvalue weighted by molar-refractivity contribution is 6.06. The average Bonchev–Trinajstić information content (AvgIpc) is 2.90. The van der Waals surface area contributed by atoms with E-state index >= 15 is 0 Å². The number of rotatable bonds is 6. The fraction of sp³-hybridized carbons (Fsp3) is 0.286. The second-order valence-corrected chi connectivity index (χ2v) is 8.22. The molecule has 2 heterocycles. The predicted molar refractivity (Wildman–Crippen MR) is 132 cm³/mol. The molecule has 2 aliphatic heterocycles. The molecule has 3 rings (SSSR count). The lowest BCUT2D eigenvalue weighted by atomic mass is 9.78. The maximum Gasteiger partial charge on any atom is 0.338 e. The van der Waals surface area contributed by atoms with Crippen molar-refractivity contribution in [2.45, 2.75) is 27.7 Å². The van der Waals surface area contributed by atoms with Crippen LogP contribution in [0.25, 0.3) is 0 Å². The number of esters is 4. The third kappa shape index (κ3) is 4.93. The smallest absolute Gasteiger partial charge is 0.338 e. The van der Waals surface area contributed by atoms with Crippen molar-refractivity contribution >= 4 is 23.9 Å². The predicted octanol–water partition coefficient (Wildman–Crippen LogP) is 3.38. The molecule has 0 spiro atoms. The molecule has 2 aliphatic rings. The number of ether oxygens (including phenoxy) is 6. The maximum absolute atomic E-state index is 12.7. The molecule has 0 fully saturated rings. The van der Waals surface area contributed by atoms with Crippen molar-refractivity contribution in [3.63, 3.8) is 0 Å². The van der Waals surface area contributed by atoms with Crippen LogP contribution in [0.5, 0.6) is 0 Å². The van der Waals surface area contributed by atoms with Crippen molar-refractivity contribution in [2.75, 3.05) is 28.4 Å². The van der Waals surface area contributed by atoms with Crippen molar-refractivity contribution < 1.29 is 47.6 Å². The SMILES string of the molecule is COC(=O)C1=C(C)OC(C)=C(C(=O)OC)[C]1c1ccc([C]2C(C(=O)OC)=C(C)OC(C)=C2C(=O)OC)cc1. The van der Waals surface area contributed by atoms with Gasteiger partial charge in [-0.25, -0.2) is 19.2 Å². The monoisotopic (exact) mass is 524 g/mol. The lowest BCUT2D eigenvalue weighted by Gasteiger charge is -2.30. The van der Waals surface area contributed by atoms with Gasteiger partial charge < -0.3 is 28.4 Å². The van der Waals surface area contributed by atoms with Crippen molar-refractivity contribution in [3.8, 4) is 0 Å². The highest BCUT2D eigenvalue weighted by atomic mass is 16.5. The fourth-order valence-electron chi connectivity index (χ4n) is 4.39. The summed E-state index contributed by atoms with van der Waals surface area (Å²) >= 11 is 0. The minimum atomic E-state index is -0.702. The average molecular weight is 525 g/mol. The molecule has 1 aromatic carbocycles. The van der Waals surface area contributed by atoms with Gasteiger partial charge >= 0.3 is 23.9 Å². The molecular weight excluding hydrogens is 496 g/mol. The summed E-state index contributed by atoms with van der Waals surface area (Å²) in [6.45, 7) is 6.34. The van der Waals surface area contributed by atoms with E-state index < -0.39 is 23.9 Å². The van der Waals surface area contributed by atoms with E-state index in [1.54, 1.807) is 52.0 Å². The Balaban J connectivity index is 2.21. The van der Waals surface area contributed by atoms with Gasteiger partial charge in [0.05, 0.1) is 62.6 Å². The van der Waals surface area contributed by atoms with Crippen LogP contribution in [0.2, 0.25) is 0 Å². The molecule has 38 heavy (non-hydrogen) atoms. The van der Waals surface area contributed by atoms with Gasteiger partial charge in [0.1, 0.15) is 23.0 Å². The first kappa shape index (κ1) is 28.2. The molecule has 0 N–H and O–H groups in total. The molecule has 0 saturated carbocycles. The highest BCUT2D eigenvalue weighted by Gasteiger charge is 2.42. The van der Waals surface area contributed by atoms with E-state index in [9.17, 15) is 19.2 Å². The topological polar surface area (TPSA) is 124 Å². The molecule has 0 aromatic heterocycles. The number of carbonyl (C=O) groups is 4. The number of carbonyl (C=O) groups excluding carboxylic acids is 4. The van der Waals surface area contributed by atoms with Crippen LogP contribution >= 0.6 is 0 Å². The van der Waals surface area contributed by atoms with Gasteiger partial charge in [-0.15, -0.1) is 0 Å². The number of hydrogen-bond acceptors (Lipinski definition) is 10. The largest absolute Gasteiger partial charge is 0.466 e. The molecule has 1 aromatic rings. The summed E-state index contributed by atoms with van der Waals surface area (Å²) in [6.07, 6.45) is 0. The van der Waals surface area contributed by atoms with Gasteiger partial charge in [-0.05, 0) is 38.8 Å². The molecule has 10 heteroatoms. The van der Waals surface area contributed by atoms with E-state index in [2.05, 4.69) is 0 Å². The highest BCUT2D eigenvalue weighted by Crippen LogP contribution is 2.43. The third-order valence-electron chi connectivity index (χ3n) is 6.04. The lowest BCUT2D eigenvalue weighted by molar-refractivity contribution is -0.138. The molecule has 0 saturated heterocycles. The third-order valence-corrected chi connectivity index (χ3v) is 6.04. The summed E-state index contributed by atoms with van der Waals surface area (Å²) in [7, 11) is 4.89. The summed E-state index contributed by atoms with van der Waals surface area (Å²) in [4.78, 5) is 50.9. The molecule has 2 radical (unpaired) electrons. The Morgan fingerprint density at radius 3 is 0.868 bits per heavy atom. The summed E-state index contributed by atoms with van der Waals surface area (Å²) in [5, 5.41) is 0. The first-order valence-corrected chi connectivity index (χ1v) is 11.4. The Morgan fingerprint density at radius 2 is 0.684 bits per heavy atom. The first-order valence-electron chi connectivity index (χ1n) is 11.4. The summed E-state index contributed by atoms with van der Waals surface area (Å²) in [5.74, 6) is -1.30. The van der Waals surface area contributed by atoms with E-state index in [1.807, 2.05) is 0 Å². The van der Waals surface area contributed by atoms with Gasteiger partial charge in [0.15, 0.2) is 0 Å². The first-order chi connectivity index (χ1) is 18.0. The molecular formula is C28H28O10. The Kier molecular flexibility index (Phi) is 8.45. The number of benzene rings is 1. The summed E-state index contributed by atoms with van der Waals surface area (Å²) in [5.41, 5.74) is 1.16. The second-order valence-electron chi connectivity index (χ2n) is 8.22. The van der Waals surface area contributed by atoms with Crippen molar-refractivity contribution in [1.82, 2.24) is 0 Å². The van der Waals surface area contributed by atoms with Crippen molar-refractivity contribution in [1.29, 1.82) is 0 Å². The standard InChI is InChI=1S/C28H28O10/c1-13-19(25(29)33-5)23(20(14(2)37-13)26(30)34-6)17-9-11-18(12-10-17)24-21(27(31)35-7)15(3)38-16(4)22(24)28(32)36-8/h9-12H,1-8H3. The Bertz CT molecular complexity index is 1130. The van der Waals surface area contributed by atoms with Gasteiger partial charge in [0, 0.05) is 0 Å². The van der Waals surface area contributed by atoms with Crippen LogP contribution in [0.1, 0.15) is 38.8 Å². The van der Waals surface area contributed by atoms with Crippen LogP contribution in [0.4, 0.5) is 0 Å².